The molecule has 0 aromatic rings. The van der Waals surface area contributed by atoms with Crippen LogP contribution < -0.4 is 5.73 Å². The smallest absolute Gasteiger partial charge is 0.150 e. The number of hydrogen-bond donors (Lipinski definition) is 1. The average Bonchev–Trinajstić information content (AvgIpc) is 2.58. The first kappa shape index (κ1) is 14.0. The Morgan fingerprint density at radius 1 is 1.25 bits per heavy atom. The normalized spacial score (nSPS) is 25.8. The third-order valence-corrected chi connectivity index (χ3v) is 5.31. The minimum absolute atomic E-state index is 0.0962. The van der Waals surface area contributed by atoms with E-state index in [2.05, 4.69) is 6.92 Å². The molecule has 2 N–H and O–H groups in total. The summed E-state index contributed by atoms with van der Waals surface area (Å²) in [7, 11) is -2.76. The summed E-state index contributed by atoms with van der Waals surface area (Å²) < 4.78 is 22.6. The maximum Gasteiger partial charge on any atom is 0.150 e. The molecule has 1 aliphatic heterocycles. The zero-order valence-corrected chi connectivity index (χ0v) is 11.1. The van der Waals surface area contributed by atoms with Crippen LogP contribution in [0.3, 0.4) is 0 Å². The number of hydrogen-bond acceptors (Lipinski definition) is 3. The summed E-state index contributed by atoms with van der Waals surface area (Å²) in [5.74, 6) is 0.890. The molecule has 1 aliphatic rings. The summed E-state index contributed by atoms with van der Waals surface area (Å²) in [5, 5.41) is 0. The molecule has 0 radical (unpaired) electrons. The van der Waals surface area contributed by atoms with E-state index in [4.69, 9.17) is 5.73 Å². The van der Waals surface area contributed by atoms with Crippen LogP contribution in [0.2, 0.25) is 0 Å². The lowest BCUT2D eigenvalue weighted by Crippen LogP contribution is -2.30. The van der Waals surface area contributed by atoms with Gasteiger partial charge in [0.1, 0.15) is 0 Å². The van der Waals surface area contributed by atoms with Crippen LogP contribution in [0.4, 0.5) is 0 Å². The standard InChI is InChI=1S/C12H25NO2S/c1-2-3-4-5-6-7-12(13)11-8-9-16(14,15)10-11/h11-12H,2-10,13H2,1H3. The fraction of sp³-hybridized carbons (Fsp3) is 1.00. The van der Waals surface area contributed by atoms with Gasteiger partial charge >= 0.3 is 0 Å². The number of rotatable bonds is 7. The molecule has 1 saturated heterocycles. The van der Waals surface area contributed by atoms with Crippen molar-refractivity contribution >= 4 is 9.84 Å². The quantitative estimate of drug-likeness (QED) is 0.701. The molecule has 1 heterocycles. The highest BCUT2D eigenvalue weighted by Gasteiger charge is 2.31. The van der Waals surface area contributed by atoms with E-state index in [1.54, 1.807) is 0 Å². The minimum atomic E-state index is -2.76. The molecule has 2 atom stereocenters. The van der Waals surface area contributed by atoms with Crippen molar-refractivity contribution in [3.05, 3.63) is 0 Å². The molecular formula is C12H25NO2S. The lowest BCUT2D eigenvalue weighted by atomic mass is 9.95. The van der Waals surface area contributed by atoms with Gasteiger partial charge in [-0.25, -0.2) is 8.42 Å². The summed E-state index contributed by atoms with van der Waals surface area (Å²) in [6.07, 6.45) is 7.99. The molecule has 1 rings (SSSR count). The third kappa shape index (κ3) is 4.83. The first-order valence-corrected chi connectivity index (χ1v) is 8.33. The predicted octanol–water partition coefficient (Wildman–Crippen LogP) is 2.11. The van der Waals surface area contributed by atoms with E-state index in [0.29, 0.717) is 11.5 Å². The predicted molar refractivity (Wildman–Crippen MR) is 68.1 cm³/mol. The van der Waals surface area contributed by atoms with Crippen molar-refractivity contribution in [1.29, 1.82) is 0 Å². The summed E-state index contributed by atoms with van der Waals surface area (Å²) in [4.78, 5) is 0. The van der Waals surface area contributed by atoms with Gasteiger partial charge in [0.2, 0.25) is 0 Å². The van der Waals surface area contributed by atoms with Gasteiger partial charge in [-0.3, -0.25) is 0 Å². The second-order valence-corrected chi connectivity index (χ2v) is 7.26. The molecule has 96 valence electrons. The van der Waals surface area contributed by atoms with Crippen molar-refractivity contribution in [3.63, 3.8) is 0 Å². The molecule has 1 fully saturated rings. The summed E-state index contributed by atoms with van der Waals surface area (Å²) in [5.41, 5.74) is 6.05. The zero-order valence-electron chi connectivity index (χ0n) is 10.3. The van der Waals surface area contributed by atoms with E-state index in [1.807, 2.05) is 0 Å². The van der Waals surface area contributed by atoms with Gasteiger partial charge in [0, 0.05) is 6.04 Å². The summed E-state index contributed by atoms with van der Waals surface area (Å²) >= 11 is 0. The number of nitrogens with two attached hydrogens (primary N) is 1. The summed E-state index contributed by atoms with van der Waals surface area (Å²) in [6.45, 7) is 2.20. The molecule has 0 spiro atoms. The highest BCUT2D eigenvalue weighted by atomic mass is 32.2. The largest absolute Gasteiger partial charge is 0.327 e. The van der Waals surface area contributed by atoms with Crippen LogP contribution in [0.25, 0.3) is 0 Å². The fourth-order valence-electron chi connectivity index (χ4n) is 2.38. The van der Waals surface area contributed by atoms with Crippen LogP contribution in [0, 0.1) is 5.92 Å². The number of unbranched alkanes of at least 4 members (excludes halogenated alkanes) is 4. The molecule has 0 bridgehead atoms. The number of sulfone groups is 1. The molecule has 0 saturated carbocycles. The lowest BCUT2D eigenvalue weighted by molar-refractivity contribution is 0.420. The van der Waals surface area contributed by atoms with E-state index in [-0.39, 0.29) is 12.0 Å². The molecule has 2 unspecified atom stereocenters. The van der Waals surface area contributed by atoms with E-state index in [0.717, 1.165) is 19.3 Å². The van der Waals surface area contributed by atoms with Gasteiger partial charge in [0.25, 0.3) is 0 Å². The Hall–Kier alpha value is -0.0900. The van der Waals surface area contributed by atoms with Crippen LogP contribution in [-0.4, -0.2) is 26.0 Å². The van der Waals surface area contributed by atoms with Gasteiger partial charge in [-0.2, -0.15) is 0 Å². The Bertz CT molecular complexity index is 287. The molecular weight excluding hydrogens is 222 g/mol. The highest BCUT2D eigenvalue weighted by Crippen LogP contribution is 2.23. The molecule has 0 amide bonds. The van der Waals surface area contributed by atoms with Crippen LogP contribution in [-0.2, 0) is 9.84 Å². The molecule has 0 aromatic carbocycles. The lowest BCUT2D eigenvalue weighted by Gasteiger charge is -2.17. The van der Waals surface area contributed by atoms with Gasteiger partial charge in [-0.1, -0.05) is 39.0 Å². The molecule has 16 heavy (non-hydrogen) atoms. The van der Waals surface area contributed by atoms with Crippen molar-refractivity contribution in [2.45, 2.75) is 57.9 Å². The van der Waals surface area contributed by atoms with Gasteiger partial charge in [0.15, 0.2) is 9.84 Å². The highest BCUT2D eigenvalue weighted by molar-refractivity contribution is 7.91. The molecule has 4 heteroatoms. The molecule has 0 aliphatic carbocycles. The second-order valence-electron chi connectivity index (χ2n) is 5.03. The van der Waals surface area contributed by atoms with E-state index < -0.39 is 9.84 Å². The van der Waals surface area contributed by atoms with Crippen molar-refractivity contribution < 1.29 is 8.42 Å². The van der Waals surface area contributed by atoms with Gasteiger partial charge < -0.3 is 5.73 Å². The van der Waals surface area contributed by atoms with Gasteiger partial charge in [0.05, 0.1) is 11.5 Å². The van der Waals surface area contributed by atoms with Crippen molar-refractivity contribution in [2.24, 2.45) is 11.7 Å². The maximum atomic E-state index is 11.3. The van der Waals surface area contributed by atoms with E-state index in [9.17, 15) is 8.42 Å². The van der Waals surface area contributed by atoms with Crippen LogP contribution in [0.5, 0.6) is 0 Å². The topological polar surface area (TPSA) is 60.2 Å². The minimum Gasteiger partial charge on any atom is -0.327 e. The average molecular weight is 247 g/mol. The first-order chi connectivity index (χ1) is 7.55. The Morgan fingerprint density at radius 2 is 1.94 bits per heavy atom. The van der Waals surface area contributed by atoms with Crippen LogP contribution >= 0.6 is 0 Å². The Balaban J connectivity index is 2.14. The zero-order chi connectivity index (χ0) is 12.0. The van der Waals surface area contributed by atoms with Gasteiger partial charge in [-0.15, -0.1) is 0 Å². The van der Waals surface area contributed by atoms with Crippen LogP contribution in [0.15, 0.2) is 0 Å². The Labute approximate surface area is 99.7 Å². The van der Waals surface area contributed by atoms with Crippen molar-refractivity contribution in [3.8, 4) is 0 Å². The Morgan fingerprint density at radius 3 is 2.50 bits per heavy atom. The van der Waals surface area contributed by atoms with Crippen molar-refractivity contribution in [2.75, 3.05) is 11.5 Å². The van der Waals surface area contributed by atoms with E-state index >= 15 is 0 Å². The Kier molecular flexibility index (Phi) is 5.76. The van der Waals surface area contributed by atoms with Crippen LogP contribution in [0.1, 0.15) is 51.9 Å². The molecule has 3 nitrogen and oxygen atoms in total. The second kappa shape index (κ2) is 6.60. The van der Waals surface area contributed by atoms with Gasteiger partial charge in [-0.05, 0) is 18.8 Å². The van der Waals surface area contributed by atoms with Crippen molar-refractivity contribution in [1.82, 2.24) is 0 Å². The maximum absolute atomic E-state index is 11.3. The SMILES string of the molecule is CCCCCCCC(N)C1CCS(=O)(=O)C1. The first-order valence-electron chi connectivity index (χ1n) is 6.51. The fourth-order valence-corrected chi connectivity index (χ4v) is 4.28. The summed E-state index contributed by atoms with van der Waals surface area (Å²) in [6, 6.07) is 0.0962. The molecule has 0 aromatic heterocycles. The third-order valence-electron chi connectivity index (χ3n) is 3.51. The monoisotopic (exact) mass is 247 g/mol. The van der Waals surface area contributed by atoms with E-state index in [1.165, 1.54) is 25.7 Å².